The second-order valence-electron chi connectivity index (χ2n) is 6.06. The predicted molar refractivity (Wildman–Crippen MR) is 81.7 cm³/mol. The zero-order valence-electron chi connectivity index (χ0n) is 12.1. The molecule has 0 radical (unpaired) electrons. The Bertz CT molecular complexity index is 769. The van der Waals surface area contributed by atoms with Gasteiger partial charge < -0.3 is 0 Å². The van der Waals surface area contributed by atoms with Crippen LogP contribution < -0.4 is 5.43 Å². The highest BCUT2D eigenvalue weighted by molar-refractivity contribution is 6.02. The van der Waals surface area contributed by atoms with Crippen LogP contribution in [0.3, 0.4) is 0 Å². The Morgan fingerprint density at radius 1 is 1.09 bits per heavy atom. The van der Waals surface area contributed by atoms with Crippen molar-refractivity contribution < 1.29 is 8.78 Å². The molecule has 1 unspecified atom stereocenters. The maximum Gasteiger partial charge on any atom is 0.132 e. The molecule has 2 nitrogen and oxygen atoms in total. The Kier molecular flexibility index (Phi) is 2.99. The maximum atomic E-state index is 14.0. The minimum atomic E-state index is -0.441. The summed E-state index contributed by atoms with van der Waals surface area (Å²) in [4.78, 5) is 0. The molecule has 1 heterocycles. The minimum Gasteiger partial charge on any atom is -0.299 e. The van der Waals surface area contributed by atoms with E-state index in [0.717, 1.165) is 31.4 Å². The van der Waals surface area contributed by atoms with E-state index in [1.165, 1.54) is 17.2 Å². The topological polar surface area (TPSA) is 24.4 Å². The summed E-state index contributed by atoms with van der Waals surface area (Å²) in [5, 5.41) is 4.34. The van der Waals surface area contributed by atoms with E-state index in [4.69, 9.17) is 0 Å². The third-order valence-corrected chi connectivity index (χ3v) is 4.70. The molecule has 1 aliphatic heterocycles. The number of fused-ring (bicyclic) bond motifs is 2. The van der Waals surface area contributed by atoms with Gasteiger partial charge >= 0.3 is 0 Å². The van der Waals surface area contributed by atoms with E-state index in [1.54, 1.807) is 0 Å². The van der Waals surface area contributed by atoms with Gasteiger partial charge in [-0.3, -0.25) is 5.43 Å². The largest absolute Gasteiger partial charge is 0.299 e. The first-order chi connectivity index (χ1) is 10.7. The molecule has 0 amide bonds. The molecule has 112 valence electrons. The maximum absolute atomic E-state index is 14.0. The number of nitrogens with one attached hydrogen (secondary N) is 1. The molecule has 1 aliphatic carbocycles. The van der Waals surface area contributed by atoms with E-state index in [9.17, 15) is 8.78 Å². The van der Waals surface area contributed by atoms with E-state index in [-0.39, 0.29) is 11.1 Å². The van der Waals surface area contributed by atoms with Crippen molar-refractivity contribution >= 4 is 5.71 Å². The van der Waals surface area contributed by atoms with Gasteiger partial charge in [0, 0.05) is 12.0 Å². The van der Waals surface area contributed by atoms with Crippen LogP contribution in [0.2, 0.25) is 0 Å². The Morgan fingerprint density at radius 2 is 1.95 bits per heavy atom. The fraction of sp³-hybridized carbons (Fsp3) is 0.278. The Morgan fingerprint density at radius 3 is 2.86 bits per heavy atom. The quantitative estimate of drug-likeness (QED) is 0.848. The fourth-order valence-electron chi connectivity index (χ4n) is 3.63. The van der Waals surface area contributed by atoms with Crippen molar-refractivity contribution in [2.75, 3.05) is 0 Å². The number of hydrazone groups is 1. The monoisotopic (exact) mass is 298 g/mol. The highest BCUT2D eigenvalue weighted by atomic mass is 19.1. The van der Waals surface area contributed by atoms with Gasteiger partial charge in [0.05, 0.1) is 11.3 Å². The van der Waals surface area contributed by atoms with Gasteiger partial charge in [0.25, 0.3) is 0 Å². The van der Waals surface area contributed by atoms with Crippen LogP contribution in [0.1, 0.15) is 36.0 Å². The average molecular weight is 298 g/mol. The van der Waals surface area contributed by atoms with Crippen LogP contribution in [0.15, 0.2) is 47.6 Å². The Labute approximate surface area is 127 Å². The van der Waals surface area contributed by atoms with Crippen molar-refractivity contribution in [1.29, 1.82) is 0 Å². The molecule has 2 aromatic carbocycles. The van der Waals surface area contributed by atoms with Crippen LogP contribution in [0.5, 0.6) is 0 Å². The first-order valence-electron chi connectivity index (χ1n) is 7.55. The second-order valence-corrected chi connectivity index (χ2v) is 6.06. The number of rotatable bonds is 1. The second kappa shape index (κ2) is 4.90. The third-order valence-electron chi connectivity index (χ3n) is 4.70. The summed E-state index contributed by atoms with van der Waals surface area (Å²) in [7, 11) is 0. The van der Waals surface area contributed by atoms with Crippen LogP contribution in [0.4, 0.5) is 8.78 Å². The first-order valence-corrected chi connectivity index (χ1v) is 7.55. The predicted octanol–water partition coefficient (Wildman–Crippen LogP) is 3.89. The molecule has 1 N–H and O–H groups in total. The van der Waals surface area contributed by atoms with Crippen LogP contribution in [-0.2, 0) is 12.0 Å². The van der Waals surface area contributed by atoms with Crippen molar-refractivity contribution in [2.45, 2.75) is 31.2 Å². The minimum absolute atomic E-state index is 0.257. The zero-order chi connectivity index (χ0) is 15.2. The highest BCUT2D eigenvalue weighted by Crippen LogP contribution is 2.41. The third kappa shape index (κ3) is 2.02. The molecule has 0 aromatic heterocycles. The van der Waals surface area contributed by atoms with Gasteiger partial charge in [0.15, 0.2) is 0 Å². The van der Waals surface area contributed by atoms with Gasteiger partial charge in [-0.25, -0.2) is 8.78 Å². The molecule has 0 saturated carbocycles. The molecular formula is C18H16F2N2. The Balaban J connectivity index is 1.72. The lowest BCUT2D eigenvalue weighted by molar-refractivity contribution is 0.322. The lowest BCUT2D eigenvalue weighted by Crippen LogP contribution is -2.39. The van der Waals surface area contributed by atoms with Gasteiger partial charge in [-0.15, -0.1) is 0 Å². The van der Waals surface area contributed by atoms with E-state index in [0.29, 0.717) is 12.1 Å². The van der Waals surface area contributed by atoms with Gasteiger partial charge in [-0.1, -0.05) is 24.3 Å². The summed E-state index contributed by atoms with van der Waals surface area (Å²) < 4.78 is 27.4. The zero-order valence-corrected chi connectivity index (χ0v) is 12.1. The summed E-state index contributed by atoms with van der Waals surface area (Å²) in [6.07, 6.45) is 3.67. The molecule has 2 aromatic rings. The van der Waals surface area contributed by atoms with Gasteiger partial charge in [0.2, 0.25) is 0 Å². The SMILES string of the molecule is Fc1ccc(F)c(C2=NNC3(CCCc4ccccc43)C2)c1. The summed E-state index contributed by atoms with van der Waals surface area (Å²) in [5.41, 5.74) is 6.35. The van der Waals surface area contributed by atoms with Crippen molar-refractivity contribution in [3.05, 3.63) is 70.8 Å². The standard InChI is InChI=1S/C18H16F2N2/c19-13-7-8-16(20)14(10-13)17-11-18(22-21-17)9-3-5-12-4-1-2-6-15(12)18/h1-2,4,6-8,10,22H,3,5,9,11H2. The lowest BCUT2D eigenvalue weighted by Gasteiger charge is -2.35. The van der Waals surface area contributed by atoms with Crippen molar-refractivity contribution in [1.82, 2.24) is 5.43 Å². The number of hydrogen-bond acceptors (Lipinski definition) is 2. The summed E-state index contributed by atoms with van der Waals surface area (Å²) in [6, 6.07) is 11.8. The number of hydrogen-bond donors (Lipinski definition) is 1. The Hall–Kier alpha value is -2.23. The van der Waals surface area contributed by atoms with Gasteiger partial charge in [0.1, 0.15) is 11.6 Å². The van der Waals surface area contributed by atoms with Crippen LogP contribution in [0, 0.1) is 11.6 Å². The molecule has 4 heteroatoms. The van der Waals surface area contributed by atoms with E-state index >= 15 is 0 Å². The van der Waals surface area contributed by atoms with Crippen LogP contribution >= 0.6 is 0 Å². The molecule has 0 bridgehead atoms. The molecule has 4 rings (SSSR count). The smallest absolute Gasteiger partial charge is 0.132 e. The molecule has 1 spiro atoms. The van der Waals surface area contributed by atoms with E-state index in [2.05, 4.69) is 22.7 Å². The summed E-state index contributed by atoms with van der Waals surface area (Å²) in [5.74, 6) is -0.868. The molecule has 0 fully saturated rings. The summed E-state index contributed by atoms with van der Waals surface area (Å²) in [6.45, 7) is 0. The van der Waals surface area contributed by atoms with Gasteiger partial charge in [-0.2, -0.15) is 5.10 Å². The number of nitrogens with zero attached hydrogens (tertiary/aromatic N) is 1. The van der Waals surface area contributed by atoms with Gasteiger partial charge in [-0.05, 0) is 48.6 Å². The number of halogens is 2. The molecule has 1 atom stereocenters. The number of aryl methyl sites for hydroxylation is 1. The van der Waals surface area contributed by atoms with Crippen molar-refractivity contribution in [3.63, 3.8) is 0 Å². The van der Waals surface area contributed by atoms with Crippen LogP contribution in [-0.4, -0.2) is 5.71 Å². The molecule has 2 aliphatic rings. The number of benzene rings is 2. The summed E-state index contributed by atoms with van der Waals surface area (Å²) >= 11 is 0. The van der Waals surface area contributed by atoms with E-state index < -0.39 is 11.6 Å². The highest BCUT2D eigenvalue weighted by Gasteiger charge is 2.41. The normalized spacial score (nSPS) is 23.1. The first kappa shape index (κ1) is 13.4. The molecular weight excluding hydrogens is 282 g/mol. The van der Waals surface area contributed by atoms with Crippen molar-refractivity contribution in [2.24, 2.45) is 5.10 Å². The average Bonchev–Trinajstić information content (AvgIpc) is 2.95. The molecule has 0 saturated heterocycles. The van der Waals surface area contributed by atoms with E-state index in [1.807, 2.05) is 12.1 Å². The fourth-order valence-corrected chi connectivity index (χ4v) is 3.63. The molecule has 22 heavy (non-hydrogen) atoms. The lowest BCUT2D eigenvalue weighted by atomic mass is 9.74. The van der Waals surface area contributed by atoms with Crippen LogP contribution in [0.25, 0.3) is 0 Å². The van der Waals surface area contributed by atoms with Crippen molar-refractivity contribution in [3.8, 4) is 0 Å².